The Morgan fingerprint density at radius 3 is 3.08 bits per heavy atom. The van der Waals surface area contributed by atoms with Crippen LogP contribution in [0.25, 0.3) is 0 Å². The minimum atomic E-state index is -0.259. The summed E-state index contributed by atoms with van der Waals surface area (Å²) in [6, 6.07) is 7.74. The highest BCUT2D eigenvalue weighted by molar-refractivity contribution is 7.13. The van der Waals surface area contributed by atoms with E-state index in [2.05, 4.69) is 22.2 Å². The Morgan fingerprint density at radius 2 is 2.32 bits per heavy atom. The second-order valence-electron chi connectivity index (χ2n) is 5.59. The molecule has 1 aromatic carbocycles. The Balaban J connectivity index is 1.91. The highest BCUT2D eigenvalue weighted by Crippen LogP contribution is 2.33. The van der Waals surface area contributed by atoms with Crippen LogP contribution in [0.2, 0.25) is 0 Å². The van der Waals surface area contributed by atoms with Crippen LogP contribution < -0.4 is 15.5 Å². The third-order valence-corrected chi connectivity index (χ3v) is 4.84. The van der Waals surface area contributed by atoms with Gasteiger partial charge in [0.15, 0.2) is 0 Å². The van der Waals surface area contributed by atoms with E-state index in [0.29, 0.717) is 18.9 Å². The van der Waals surface area contributed by atoms with E-state index in [1.165, 1.54) is 6.08 Å². The number of benzene rings is 1. The number of carbonyl (C=O) groups is 1. The van der Waals surface area contributed by atoms with Gasteiger partial charge in [-0.05, 0) is 36.1 Å². The van der Waals surface area contributed by atoms with Crippen molar-refractivity contribution in [3.8, 4) is 0 Å². The number of nitrogens with zero attached hydrogens (tertiary/aromatic N) is 2. The monoisotopic (exact) mass is 356 g/mol. The maximum absolute atomic E-state index is 11.7. The van der Waals surface area contributed by atoms with Crippen molar-refractivity contribution < 1.29 is 9.90 Å². The Hall–Kier alpha value is -2.64. The molecule has 0 radical (unpaired) electrons. The fourth-order valence-corrected chi connectivity index (χ4v) is 3.56. The lowest BCUT2D eigenvalue weighted by Gasteiger charge is -2.27. The predicted molar refractivity (Wildman–Crippen MR) is 104 cm³/mol. The summed E-state index contributed by atoms with van der Waals surface area (Å²) >= 11 is 1.59. The van der Waals surface area contributed by atoms with E-state index in [4.69, 9.17) is 0 Å². The van der Waals surface area contributed by atoms with Crippen molar-refractivity contribution in [3.05, 3.63) is 52.7 Å². The topological polar surface area (TPSA) is 77.0 Å². The predicted octanol–water partition coefficient (Wildman–Crippen LogP) is 2.81. The third-order valence-electron chi connectivity index (χ3n) is 3.93. The Morgan fingerprint density at radius 1 is 1.48 bits per heavy atom. The summed E-state index contributed by atoms with van der Waals surface area (Å²) in [6.07, 6.45) is 1.24. The molecule has 0 bridgehead atoms. The molecule has 1 aromatic heterocycles. The van der Waals surface area contributed by atoms with Gasteiger partial charge in [0, 0.05) is 6.54 Å². The molecule has 2 aromatic rings. The number of β-amino-alcohol motifs (C(OH)–C–C–N with tert-alkyl or cyclic N) is 1. The van der Waals surface area contributed by atoms with E-state index in [1.54, 1.807) is 11.3 Å². The summed E-state index contributed by atoms with van der Waals surface area (Å²) in [7, 11) is 0. The van der Waals surface area contributed by atoms with Gasteiger partial charge in [-0.2, -0.15) is 0 Å². The first-order chi connectivity index (χ1) is 12.1. The van der Waals surface area contributed by atoms with Gasteiger partial charge in [0.2, 0.25) is 5.91 Å². The number of amidine groups is 1. The van der Waals surface area contributed by atoms with Gasteiger partial charge in [-0.3, -0.25) is 4.79 Å². The Bertz CT molecular complexity index is 828. The molecule has 0 spiro atoms. The number of aryl methyl sites for hydroxylation is 1. The van der Waals surface area contributed by atoms with Crippen LogP contribution >= 0.6 is 11.3 Å². The van der Waals surface area contributed by atoms with Gasteiger partial charge in [0.1, 0.15) is 12.5 Å². The van der Waals surface area contributed by atoms with Crippen LogP contribution in [-0.2, 0) is 4.79 Å². The van der Waals surface area contributed by atoms with Gasteiger partial charge in [-0.15, -0.1) is 11.3 Å². The first-order valence-corrected chi connectivity index (χ1v) is 8.80. The van der Waals surface area contributed by atoms with Crippen molar-refractivity contribution in [2.75, 3.05) is 35.4 Å². The van der Waals surface area contributed by atoms with Crippen molar-refractivity contribution in [2.24, 2.45) is 4.99 Å². The van der Waals surface area contributed by atoms with Crippen molar-refractivity contribution in [3.63, 3.8) is 0 Å². The van der Waals surface area contributed by atoms with E-state index < -0.39 is 0 Å². The van der Waals surface area contributed by atoms with Crippen LogP contribution in [0.15, 0.2) is 47.3 Å². The number of hydrogen-bond donors (Lipinski definition) is 3. The molecule has 0 saturated heterocycles. The lowest BCUT2D eigenvalue weighted by atomic mass is 10.1. The van der Waals surface area contributed by atoms with Gasteiger partial charge in [-0.1, -0.05) is 18.7 Å². The molecule has 3 rings (SSSR count). The number of hydrogen-bond acceptors (Lipinski definition) is 6. The van der Waals surface area contributed by atoms with Gasteiger partial charge >= 0.3 is 0 Å². The molecule has 130 valence electrons. The third kappa shape index (κ3) is 3.57. The molecule has 25 heavy (non-hydrogen) atoms. The fraction of sp³-hybridized carbons (Fsp3) is 0.222. The Kier molecular flexibility index (Phi) is 5.16. The van der Waals surface area contributed by atoms with Gasteiger partial charge in [-0.25, -0.2) is 4.99 Å². The minimum absolute atomic E-state index is 0.0864. The zero-order valence-corrected chi connectivity index (χ0v) is 14.8. The van der Waals surface area contributed by atoms with E-state index in [1.807, 2.05) is 41.5 Å². The molecule has 3 N–H and O–H groups in total. The summed E-state index contributed by atoms with van der Waals surface area (Å²) in [5.41, 5.74) is 3.55. The SMILES string of the molecule is C=CC(=O)Nc1cccc(C)c1NC1=NCN(CCO)c2ccsc21. The van der Waals surface area contributed by atoms with Crippen LogP contribution in [0.1, 0.15) is 10.4 Å². The number of fused-ring (bicyclic) bond motifs is 1. The van der Waals surface area contributed by atoms with E-state index in [0.717, 1.165) is 27.7 Å². The van der Waals surface area contributed by atoms with Crippen molar-refractivity contribution in [1.29, 1.82) is 0 Å². The summed E-state index contributed by atoms with van der Waals surface area (Å²) in [5, 5.41) is 17.4. The minimum Gasteiger partial charge on any atom is -0.395 e. The summed E-state index contributed by atoms with van der Waals surface area (Å²) < 4.78 is 0. The van der Waals surface area contributed by atoms with Crippen LogP contribution in [0.3, 0.4) is 0 Å². The molecule has 7 heteroatoms. The summed E-state index contributed by atoms with van der Waals surface area (Å²) in [6.45, 7) is 6.58. The van der Waals surface area contributed by atoms with Gasteiger partial charge in [0.25, 0.3) is 0 Å². The number of aliphatic imine (C=N–C) groups is 1. The fourth-order valence-electron chi connectivity index (χ4n) is 2.68. The first kappa shape index (κ1) is 17.2. The maximum Gasteiger partial charge on any atom is 0.247 e. The van der Waals surface area contributed by atoms with Crippen LogP contribution in [-0.4, -0.2) is 36.7 Å². The van der Waals surface area contributed by atoms with Crippen LogP contribution in [0, 0.1) is 6.92 Å². The Labute approximate surface area is 150 Å². The molecule has 0 unspecified atom stereocenters. The molecule has 1 aliphatic rings. The normalized spacial score (nSPS) is 13.0. The average molecular weight is 356 g/mol. The standard InChI is InChI=1S/C18H20N4O2S/c1-3-15(24)20-13-6-4-5-12(2)16(13)21-18-17-14(7-10-25-17)22(8-9-23)11-19-18/h3-7,10,23H,1,8-9,11H2,2H3,(H,19,21)(H,20,24). The summed E-state index contributed by atoms with van der Waals surface area (Å²) in [5.74, 6) is 0.507. The molecule has 0 aliphatic carbocycles. The molecular formula is C18H20N4O2S. The number of thiophene rings is 1. The molecule has 0 fully saturated rings. The molecular weight excluding hydrogens is 336 g/mol. The number of aliphatic hydroxyl groups excluding tert-OH is 1. The molecule has 1 aliphatic heterocycles. The number of carbonyl (C=O) groups excluding carboxylic acids is 1. The number of amides is 1. The number of aliphatic hydroxyl groups is 1. The number of anilines is 3. The number of nitrogens with one attached hydrogen (secondary N) is 2. The van der Waals surface area contributed by atoms with Gasteiger partial charge < -0.3 is 20.6 Å². The largest absolute Gasteiger partial charge is 0.395 e. The zero-order valence-electron chi connectivity index (χ0n) is 14.0. The average Bonchev–Trinajstić information content (AvgIpc) is 3.10. The molecule has 1 amide bonds. The zero-order chi connectivity index (χ0) is 17.8. The highest BCUT2D eigenvalue weighted by Gasteiger charge is 2.22. The van der Waals surface area contributed by atoms with Crippen molar-refractivity contribution >= 4 is 40.1 Å². The second kappa shape index (κ2) is 7.50. The van der Waals surface area contributed by atoms with Gasteiger partial charge in [0.05, 0.1) is 28.5 Å². The van der Waals surface area contributed by atoms with E-state index >= 15 is 0 Å². The molecule has 6 nitrogen and oxygen atoms in total. The molecule has 2 heterocycles. The lowest BCUT2D eigenvalue weighted by molar-refractivity contribution is -0.111. The number of rotatable bonds is 5. The molecule has 0 saturated carbocycles. The maximum atomic E-state index is 11.7. The summed E-state index contributed by atoms with van der Waals surface area (Å²) in [4.78, 5) is 19.4. The first-order valence-electron chi connectivity index (χ1n) is 7.92. The molecule has 0 atom stereocenters. The second-order valence-corrected chi connectivity index (χ2v) is 6.50. The quantitative estimate of drug-likeness (QED) is 0.720. The lowest BCUT2D eigenvalue weighted by Crippen LogP contribution is -2.33. The van der Waals surface area contributed by atoms with Crippen molar-refractivity contribution in [2.45, 2.75) is 6.92 Å². The van der Waals surface area contributed by atoms with Crippen LogP contribution in [0.5, 0.6) is 0 Å². The number of para-hydroxylation sites is 1. The van der Waals surface area contributed by atoms with E-state index in [9.17, 15) is 9.90 Å². The van der Waals surface area contributed by atoms with Crippen molar-refractivity contribution in [1.82, 2.24) is 0 Å². The highest BCUT2D eigenvalue weighted by atomic mass is 32.1. The van der Waals surface area contributed by atoms with Crippen LogP contribution in [0.4, 0.5) is 17.1 Å². The van der Waals surface area contributed by atoms with E-state index in [-0.39, 0.29) is 12.5 Å². The smallest absolute Gasteiger partial charge is 0.247 e.